The number of nitrogens with two attached hydrogens (primary N) is 1. The molecule has 0 unspecified atom stereocenters. The molecule has 0 aromatic heterocycles. The van der Waals surface area contributed by atoms with Crippen LogP contribution in [0.25, 0.3) is 65.3 Å². The van der Waals surface area contributed by atoms with E-state index in [4.69, 9.17) is 38.8 Å². The molecule has 112 heavy (non-hydrogen) atoms. The molecule has 0 bridgehead atoms. The van der Waals surface area contributed by atoms with Crippen molar-refractivity contribution in [2.75, 3.05) is 13.1 Å². The van der Waals surface area contributed by atoms with E-state index in [0.717, 1.165) is 0 Å². The fourth-order valence-corrected chi connectivity index (χ4v) is 24.1. The number of halogens is 5. The fourth-order valence-electron chi connectivity index (χ4n) is 14.4. The van der Waals surface area contributed by atoms with E-state index in [-0.39, 0.29) is 42.7 Å². The average molecular weight is 1810 g/mol. The standard InChI is InChI=1S/2C48H40P2.C4H11N.5ClH.2Ru/c2*1-33-13-23-39(24-14-33)49(40-25-15-34(2)16-26-40)45-31-21-37-9-5-7-11-43(37)47(45)48-44-12-8-6-10-38(44)22-32-46(48)50(41-27-17-35(3)18-28-41)42-29-19-36(4)20-30-42;1-3-5-4-2;;;;;;;/h2*5-32H,1-4H3;5H,3-4H2,1-2H3;5*1H;;/q;;;;;;;;2*+2/p-4. The van der Waals surface area contributed by atoms with Gasteiger partial charge in [-0.05, 0) is 230 Å². The zero-order valence-electron chi connectivity index (χ0n) is 64.7. The van der Waals surface area contributed by atoms with Crippen molar-refractivity contribution in [3.05, 3.63) is 384 Å². The Morgan fingerprint density at radius 3 is 0.491 bits per heavy atom. The van der Waals surface area contributed by atoms with Gasteiger partial charge in [-0.25, -0.2) is 0 Å². The van der Waals surface area contributed by atoms with Crippen molar-refractivity contribution < 1.29 is 48.0 Å². The van der Waals surface area contributed by atoms with E-state index in [1.807, 2.05) is 0 Å². The van der Waals surface area contributed by atoms with E-state index in [2.05, 4.69) is 414 Å². The molecule has 0 saturated carbocycles. The second kappa shape index (κ2) is 42.0. The molecule has 0 saturated heterocycles. The Morgan fingerprint density at radius 1 is 0.214 bits per heavy atom. The van der Waals surface area contributed by atoms with E-state index >= 15 is 0 Å². The van der Waals surface area contributed by atoms with Crippen LogP contribution >= 0.6 is 70.5 Å². The summed E-state index contributed by atoms with van der Waals surface area (Å²) in [6, 6.07) is 129. The van der Waals surface area contributed by atoms with E-state index in [0.29, 0.717) is 0 Å². The van der Waals surface area contributed by atoms with Crippen molar-refractivity contribution in [1.82, 2.24) is 0 Å². The predicted octanol–water partition coefficient (Wildman–Crippen LogP) is 20.2. The van der Waals surface area contributed by atoms with Crippen LogP contribution in [0.3, 0.4) is 0 Å². The average Bonchev–Trinajstić information content (AvgIpc) is 0.736. The quantitative estimate of drug-likeness (QED) is 0.0733. The Morgan fingerprint density at radius 2 is 0.357 bits per heavy atom. The molecule has 0 aliphatic heterocycles. The van der Waals surface area contributed by atoms with Gasteiger partial charge in [0, 0.05) is 0 Å². The van der Waals surface area contributed by atoms with Gasteiger partial charge in [0.05, 0.1) is 13.1 Å². The summed E-state index contributed by atoms with van der Waals surface area (Å²) < 4.78 is 0. The van der Waals surface area contributed by atoms with Crippen molar-refractivity contribution in [3.63, 3.8) is 0 Å². The summed E-state index contributed by atoms with van der Waals surface area (Å²) >= 11 is -0.691. The molecule has 1 nitrogen and oxygen atoms in total. The summed E-state index contributed by atoms with van der Waals surface area (Å²) in [5.74, 6) is 0. The van der Waals surface area contributed by atoms with Crippen LogP contribution in [0.5, 0.6) is 0 Å². The summed E-state index contributed by atoms with van der Waals surface area (Å²) in [7, 11) is 15.9. The topological polar surface area (TPSA) is 16.6 Å². The molecular weight excluding hydrogens is 1720 g/mol. The van der Waals surface area contributed by atoms with E-state index in [1.54, 1.807) is 0 Å². The molecule has 0 radical (unpaired) electrons. The molecule has 16 aromatic carbocycles. The van der Waals surface area contributed by atoms with Gasteiger partial charge in [0.15, 0.2) is 0 Å². The summed E-state index contributed by atoms with van der Waals surface area (Å²) in [6.45, 7) is 24.2. The molecule has 0 atom stereocenters. The van der Waals surface area contributed by atoms with Crippen LogP contribution in [0, 0.1) is 55.4 Å². The van der Waals surface area contributed by atoms with Crippen molar-refractivity contribution >= 4 is 177 Å². The first-order valence-corrected chi connectivity index (χ1v) is 51.8. The summed E-state index contributed by atoms with van der Waals surface area (Å²) in [5.41, 5.74) is 15.7. The Balaban J connectivity index is 0.000000194. The third-order valence-electron chi connectivity index (χ3n) is 20.0. The Bertz CT molecular complexity index is 4840. The molecule has 0 amide bonds. The second-order valence-electron chi connectivity index (χ2n) is 28.0. The number of benzene rings is 16. The molecule has 0 aliphatic carbocycles. The van der Waals surface area contributed by atoms with Crippen LogP contribution in [0.15, 0.2) is 340 Å². The minimum absolute atomic E-state index is 0. The number of fused-ring (bicyclic) bond motifs is 4. The number of rotatable bonds is 16. The van der Waals surface area contributed by atoms with Gasteiger partial charge in [-0.15, -0.1) is 0 Å². The molecule has 568 valence electrons. The van der Waals surface area contributed by atoms with E-state index in [9.17, 15) is 0 Å². The first-order chi connectivity index (χ1) is 54.1. The molecule has 16 rings (SSSR count). The van der Waals surface area contributed by atoms with Gasteiger partial charge in [0.25, 0.3) is 0 Å². The monoisotopic (exact) mass is 1810 g/mol. The molecular formula is C100H92Cl5NP4Ru2. The van der Waals surface area contributed by atoms with Gasteiger partial charge in [-0.2, -0.15) is 0 Å². The molecule has 0 fully saturated rings. The van der Waals surface area contributed by atoms with Crippen LogP contribution in [-0.2, 0) is 30.3 Å². The molecule has 0 aliphatic rings. The second-order valence-corrected chi connectivity index (χ2v) is 42.0. The Hall–Kier alpha value is -7.06. The summed E-state index contributed by atoms with van der Waals surface area (Å²) in [4.78, 5) is 0. The minimum atomic E-state index is -0.885. The first-order valence-electron chi connectivity index (χ1n) is 37.5. The molecule has 12 heteroatoms. The number of aryl methyl sites for hydroxylation is 8. The van der Waals surface area contributed by atoms with Gasteiger partial charge in [-0.1, -0.05) is 384 Å². The summed E-state index contributed by atoms with van der Waals surface area (Å²) in [6.07, 6.45) is 0. The fraction of sp³-hybridized carbons (Fsp3) is 0.120. The Labute approximate surface area is 707 Å². The zero-order chi connectivity index (χ0) is 77.9. The normalized spacial score (nSPS) is 11.1. The molecule has 0 heterocycles. The molecule has 2 N–H and O–H groups in total. The van der Waals surface area contributed by atoms with Crippen molar-refractivity contribution in [3.8, 4) is 22.3 Å². The van der Waals surface area contributed by atoms with Crippen LogP contribution < -0.4 is 81.4 Å². The number of hydrogen-bond acceptors (Lipinski definition) is 0. The van der Waals surface area contributed by atoms with Crippen molar-refractivity contribution in [1.29, 1.82) is 0 Å². The third-order valence-corrected chi connectivity index (χ3v) is 29.9. The van der Waals surface area contributed by atoms with Gasteiger partial charge in [0.1, 0.15) is 0 Å². The third kappa shape index (κ3) is 20.8. The summed E-state index contributed by atoms with van der Waals surface area (Å²) in [5, 5.41) is 29.0. The SMILES string of the molecule is CC[NH2+]CC.Cc1ccc(P(c2ccc(C)cc2)c2ccc3ccccc3c2-c2c(P(c3ccc(C)cc3)c3ccc(C)cc3)ccc3ccccc23)cc1.Cc1ccc(P(c2ccc(C)cc2)c2ccc3ccccc3c2-c2c(P(c3ccc(C)cc3)c3ccc(C)cc3)ccc3ccccc23)cc1.[Cl-].[Cl][Ru][Cl].[Cl][Ru][Cl]. The number of hydrogen-bond donors (Lipinski definition) is 1. The van der Waals surface area contributed by atoms with Gasteiger partial charge >= 0.3 is 69.1 Å². The first kappa shape index (κ1) is 85.8. The maximum atomic E-state index is 4.85. The number of quaternary nitrogens is 1. The van der Waals surface area contributed by atoms with Crippen molar-refractivity contribution in [2.24, 2.45) is 0 Å². The Kier molecular flexibility index (Phi) is 32.2. The van der Waals surface area contributed by atoms with E-state index < -0.39 is 31.7 Å². The van der Waals surface area contributed by atoms with Crippen LogP contribution in [0.2, 0.25) is 0 Å². The van der Waals surface area contributed by atoms with Crippen LogP contribution in [-0.4, -0.2) is 13.1 Å². The van der Waals surface area contributed by atoms with Crippen LogP contribution in [0.1, 0.15) is 58.4 Å². The van der Waals surface area contributed by atoms with E-state index in [1.165, 1.54) is 187 Å². The van der Waals surface area contributed by atoms with Gasteiger partial charge in [-0.3, -0.25) is 0 Å². The molecule has 16 aromatic rings. The van der Waals surface area contributed by atoms with Gasteiger partial charge < -0.3 is 17.7 Å². The predicted molar refractivity (Wildman–Crippen MR) is 493 cm³/mol. The molecule has 0 spiro atoms. The zero-order valence-corrected chi connectivity index (χ0v) is 75.5. The maximum absolute atomic E-state index is 4.85. The van der Waals surface area contributed by atoms with Crippen molar-refractivity contribution in [2.45, 2.75) is 69.2 Å². The van der Waals surface area contributed by atoms with Gasteiger partial charge in [0.2, 0.25) is 0 Å². The van der Waals surface area contributed by atoms with Crippen LogP contribution in [0.4, 0.5) is 0 Å².